The molecule has 5 heteroatoms. The Morgan fingerprint density at radius 1 is 0.857 bits per heavy atom. The van der Waals surface area contributed by atoms with E-state index in [4.69, 9.17) is 10.2 Å². The summed E-state index contributed by atoms with van der Waals surface area (Å²) < 4.78 is 6.30. The molecule has 0 fully saturated rings. The normalized spacial score (nSPS) is 14.1. The predicted molar refractivity (Wildman–Crippen MR) is 123 cm³/mol. The van der Waals surface area contributed by atoms with Crippen molar-refractivity contribution in [2.75, 3.05) is 18.8 Å². The van der Waals surface area contributed by atoms with Crippen molar-refractivity contribution in [2.24, 2.45) is 0 Å². The monoisotopic (exact) mass is 420 g/mol. The fourth-order valence-electron chi connectivity index (χ4n) is 4.27. The number of benzene rings is 2. The lowest BCUT2D eigenvalue weighted by Crippen LogP contribution is -2.26. The van der Waals surface area contributed by atoms with Crippen LogP contribution in [-0.2, 0) is 19.4 Å². The average molecular weight is 421 g/mol. The van der Waals surface area contributed by atoms with E-state index in [1.807, 2.05) is 0 Å². The molecule has 4 rings (SSSR count). The van der Waals surface area contributed by atoms with Crippen LogP contribution >= 0.6 is 24.8 Å². The van der Waals surface area contributed by atoms with E-state index in [2.05, 4.69) is 56.9 Å². The van der Waals surface area contributed by atoms with Crippen LogP contribution in [0.3, 0.4) is 0 Å². The van der Waals surface area contributed by atoms with Gasteiger partial charge in [0, 0.05) is 24.0 Å². The Hall–Kier alpha value is -1.68. The van der Waals surface area contributed by atoms with Crippen molar-refractivity contribution < 1.29 is 4.42 Å². The van der Waals surface area contributed by atoms with Gasteiger partial charge in [-0.05, 0) is 68.4 Å². The molecule has 0 atom stereocenters. The Morgan fingerprint density at radius 2 is 1.43 bits per heavy atom. The number of halogens is 2. The largest absolute Gasteiger partial charge is 0.457 e. The number of hydrogen-bond donors (Lipinski definition) is 1. The van der Waals surface area contributed by atoms with Gasteiger partial charge in [0.15, 0.2) is 5.58 Å². The molecule has 2 N–H and O–H groups in total. The third-order valence-electron chi connectivity index (χ3n) is 6.27. The van der Waals surface area contributed by atoms with E-state index < -0.39 is 0 Å². The third kappa shape index (κ3) is 3.76. The summed E-state index contributed by atoms with van der Waals surface area (Å²) in [6.45, 7) is 11.6. The van der Waals surface area contributed by atoms with Crippen LogP contribution < -0.4 is 5.73 Å². The average Bonchev–Trinajstić information content (AvgIpc) is 2.84. The zero-order chi connectivity index (χ0) is 18.4. The SMILES string of the molecule is Cc1c(C)c(C)c2c(C)c(CN3CCc4ccccc4CC3)oc2c1N.Cl.Cl. The van der Waals surface area contributed by atoms with Gasteiger partial charge >= 0.3 is 0 Å². The van der Waals surface area contributed by atoms with Gasteiger partial charge in [0.1, 0.15) is 5.76 Å². The summed E-state index contributed by atoms with van der Waals surface area (Å²) in [5, 5.41) is 1.21. The molecule has 0 bridgehead atoms. The highest BCUT2D eigenvalue weighted by atomic mass is 35.5. The van der Waals surface area contributed by atoms with Crippen molar-refractivity contribution in [2.45, 2.75) is 47.1 Å². The summed E-state index contributed by atoms with van der Waals surface area (Å²) in [5.74, 6) is 1.06. The summed E-state index contributed by atoms with van der Waals surface area (Å²) in [6.07, 6.45) is 2.21. The van der Waals surface area contributed by atoms with Gasteiger partial charge in [0.2, 0.25) is 0 Å². The summed E-state index contributed by atoms with van der Waals surface area (Å²) in [4.78, 5) is 2.51. The second-order valence-corrected chi connectivity index (χ2v) is 7.69. The van der Waals surface area contributed by atoms with Crippen molar-refractivity contribution in [1.29, 1.82) is 0 Å². The van der Waals surface area contributed by atoms with E-state index in [1.54, 1.807) is 0 Å². The van der Waals surface area contributed by atoms with Crippen LogP contribution in [0.25, 0.3) is 11.0 Å². The smallest absolute Gasteiger partial charge is 0.158 e. The van der Waals surface area contributed by atoms with Gasteiger partial charge < -0.3 is 10.2 Å². The number of nitrogens with two attached hydrogens (primary N) is 1. The number of rotatable bonds is 2. The maximum absolute atomic E-state index is 6.38. The summed E-state index contributed by atoms with van der Waals surface area (Å²) >= 11 is 0. The van der Waals surface area contributed by atoms with Crippen LogP contribution in [0.4, 0.5) is 5.69 Å². The molecule has 2 aromatic carbocycles. The standard InChI is InChI=1S/C23H28N2O.2ClH/c1-14-15(2)21-17(4)20(26-23(21)22(24)16(14)3)13-25-11-9-18-7-5-6-8-19(18)10-12-25;;/h5-8H,9-13,24H2,1-4H3;2*1H. The van der Waals surface area contributed by atoms with E-state index in [9.17, 15) is 0 Å². The molecule has 0 unspecified atom stereocenters. The van der Waals surface area contributed by atoms with Crippen LogP contribution in [-0.4, -0.2) is 18.0 Å². The molecule has 0 saturated carbocycles. The summed E-state index contributed by atoms with van der Waals surface area (Å²) in [7, 11) is 0. The van der Waals surface area contributed by atoms with E-state index in [0.29, 0.717) is 0 Å². The number of nitrogens with zero attached hydrogens (tertiary/aromatic N) is 1. The minimum atomic E-state index is 0. The number of furan rings is 1. The zero-order valence-electron chi connectivity index (χ0n) is 17.1. The van der Waals surface area contributed by atoms with Crippen LogP contribution in [0.2, 0.25) is 0 Å². The van der Waals surface area contributed by atoms with Crippen LogP contribution in [0.15, 0.2) is 28.7 Å². The molecule has 0 spiro atoms. The minimum absolute atomic E-state index is 0. The van der Waals surface area contributed by atoms with Gasteiger partial charge in [0.25, 0.3) is 0 Å². The minimum Gasteiger partial charge on any atom is -0.457 e. The Kier molecular flexibility index (Phi) is 7.08. The fraction of sp³-hybridized carbons (Fsp3) is 0.391. The molecular weight excluding hydrogens is 391 g/mol. The highest BCUT2D eigenvalue weighted by Crippen LogP contribution is 2.37. The maximum atomic E-state index is 6.38. The molecule has 1 aromatic heterocycles. The Balaban J connectivity index is 0.00000140. The van der Waals surface area contributed by atoms with Crippen LogP contribution in [0, 0.1) is 27.7 Å². The third-order valence-corrected chi connectivity index (χ3v) is 6.27. The van der Waals surface area contributed by atoms with E-state index >= 15 is 0 Å². The molecule has 28 heavy (non-hydrogen) atoms. The lowest BCUT2D eigenvalue weighted by Gasteiger charge is -2.18. The molecular formula is C23H30Cl2N2O. The molecule has 0 saturated heterocycles. The van der Waals surface area contributed by atoms with E-state index in [0.717, 1.165) is 55.1 Å². The second-order valence-electron chi connectivity index (χ2n) is 7.69. The first-order chi connectivity index (χ1) is 12.5. The molecule has 1 aliphatic heterocycles. The fourth-order valence-corrected chi connectivity index (χ4v) is 4.27. The van der Waals surface area contributed by atoms with Crippen LogP contribution in [0.5, 0.6) is 0 Å². The van der Waals surface area contributed by atoms with Crippen molar-refractivity contribution in [3.63, 3.8) is 0 Å². The number of fused-ring (bicyclic) bond motifs is 2. The molecule has 0 aliphatic carbocycles. The van der Waals surface area contributed by atoms with Gasteiger partial charge in [-0.1, -0.05) is 24.3 Å². The molecule has 3 nitrogen and oxygen atoms in total. The molecule has 0 amide bonds. The Labute approximate surface area is 180 Å². The van der Waals surface area contributed by atoms with Gasteiger partial charge in [-0.15, -0.1) is 24.8 Å². The number of aryl methyl sites for hydroxylation is 2. The van der Waals surface area contributed by atoms with Crippen molar-refractivity contribution in [3.05, 3.63) is 63.4 Å². The van der Waals surface area contributed by atoms with Gasteiger partial charge in [-0.2, -0.15) is 0 Å². The first-order valence-electron chi connectivity index (χ1n) is 9.53. The Morgan fingerprint density at radius 3 is 2.00 bits per heavy atom. The maximum Gasteiger partial charge on any atom is 0.158 e. The number of anilines is 1. The zero-order valence-corrected chi connectivity index (χ0v) is 18.7. The van der Waals surface area contributed by atoms with Crippen molar-refractivity contribution >= 4 is 41.5 Å². The topological polar surface area (TPSA) is 42.4 Å². The van der Waals surface area contributed by atoms with Crippen molar-refractivity contribution in [3.8, 4) is 0 Å². The number of hydrogen-bond acceptors (Lipinski definition) is 3. The van der Waals surface area contributed by atoms with Gasteiger partial charge in [-0.25, -0.2) is 0 Å². The van der Waals surface area contributed by atoms with E-state index in [1.165, 1.54) is 33.2 Å². The summed E-state index contributed by atoms with van der Waals surface area (Å²) in [5.41, 5.74) is 16.0. The molecule has 3 aromatic rings. The predicted octanol–water partition coefficient (Wildman–Crippen LogP) is 5.69. The van der Waals surface area contributed by atoms with E-state index in [-0.39, 0.29) is 24.8 Å². The first kappa shape index (κ1) is 22.6. The van der Waals surface area contributed by atoms with Crippen molar-refractivity contribution in [1.82, 2.24) is 4.90 Å². The Bertz CT molecular complexity index is 967. The second kappa shape index (κ2) is 8.77. The summed E-state index contributed by atoms with van der Waals surface area (Å²) in [6, 6.07) is 8.82. The highest BCUT2D eigenvalue weighted by Gasteiger charge is 2.21. The van der Waals surface area contributed by atoms with Crippen LogP contribution in [0.1, 0.15) is 39.1 Å². The number of nitrogen functional groups attached to an aromatic ring is 1. The molecule has 152 valence electrons. The lowest BCUT2D eigenvalue weighted by atomic mass is 9.96. The first-order valence-corrected chi connectivity index (χ1v) is 9.53. The van der Waals surface area contributed by atoms with Gasteiger partial charge in [0.05, 0.1) is 12.2 Å². The molecule has 1 aliphatic rings. The molecule has 2 heterocycles. The highest BCUT2D eigenvalue weighted by molar-refractivity contribution is 5.96. The molecule has 0 radical (unpaired) electrons. The quantitative estimate of drug-likeness (QED) is 0.541. The lowest BCUT2D eigenvalue weighted by molar-refractivity contribution is 0.257. The van der Waals surface area contributed by atoms with Gasteiger partial charge in [-0.3, -0.25) is 4.90 Å².